The van der Waals surface area contributed by atoms with E-state index in [2.05, 4.69) is 25.6 Å². The zero-order valence-electron chi connectivity index (χ0n) is 10.1. The van der Waals surface area contributed by atoms with Gasteiger partial charge in [-0.3, -0.25) is 0 Å². The van der Waals surface area contributed by atoms with Crippen LogP contribution in [0.4, 0.5) is 11.9 Å². The monoisotopic (exact) mass is 243 g/mol. The smallest absolute Gasteiger partial charge is 0.322 e. The molecule has 0 aliphatic rings. The van der Waals surface area contributed by atoms with Gasteiger partial charge in [0.15, 0.2) is 0 Å². The molecule has 0 aliphatic carbocycles. The van der Waals surface area contributed by atoms with Gasteiger partial charge in [0, 0.05) is 20.7 Å². The topological polar surface area (TPSA) is 101 Å². The van der Waals surface area contributed by atoms with Crippen LogP contribution in [0.2, 0.25) is 0 Å². The van der Waals surface area contributed by atoms with Crippen LogP contribution in [0, 0.1) is 0 Å². The molecular formula is C9H17N5O3. The molecule has 0 saturated heterocycles. The molecule has 1 aromatic heterocycles. The first-order valence-corrected chi connectivity index (χ1v) is 5.08. The molecule has 0 radical (unpaired) electrons. The Morgan fingerprint density at radius 2 is 1.94 bits per heavy atom. The molecule has 8 nitrogen and oxygen atoms in total. The summed E-state index contributed by atoms with van der Waals surface area (Å²) < 4.78 is 9.72. The lowest BCUT2D eigenvalue weighted by Gasteiger charge is -2.11. The van der Waals surface area contributed by atoms with Crippen molar-refractivity contribution in [2.45, 2.75) is 6.10 Å². The van der Waals surface area contributed by atoms with Crippen molar-refractivity contribution in [1.82, 2.24) is 15.0 Å². The molecule has 0 aliphatic heterocycles. The number of aliphatic hydroxyl groups is 1. The number of hydrogen-bond donors (Lipinski definition) is 3. The highest BCUT2D eigenvalue weighted by atomic mass is 16.5. The van der Waals surface area contributed by atoms with E-state index >= 15 is 0 Å². The average Bonchev–Trinajstić information content (AvgIpc) is 2.36. The number of aromatic nitrogens is 3. The lowest BCUT2D eigenvalue weighted by molar-refractivity contribution is 0.0726. The molecule has 0 bridgehead atoms. The molecule has 0 aromatic carbocycles. The van der Waals surface area contributed by atoms with E-state index in [1.165, 1.54) is 14.2 Å². The Morgan fingerprint density at radius 3 is 2.53 bits per heavy atom. The quantitative estimate of drug-likeness (QED) is 0.580. The maximum Gasteiger partial charge on any atom is 0.322 e. The van der Waals surface area contributed by atoms with Gasteiger partial charge in [0.1, 0.15) is 0 Å². The Morgan fingerprint density at radius 1 is 1.24 bits per heavy atom. The van der Waals surface area contributed by atoms with Crippen LogP contribution in [-0.2, 0) is 4.74 Å². The SMILES string of the molecule is CNc1nc(NCC(O)COC)nc(OC)n1. The van der Waals surface area contributed by atoms with Crippen molar-refractivity contribution in [2.24, 2.45) is 0 Å². The summed E-state index contributed by atoms with van der Waals surface area (Å²) in [4.78, 5) is 12.0. The summed E-state index contributed by atoms with van der Waals surface area (Å²) in [5.74, 6) is 0.719. The third-order valence-electron chi connectivity index (χ3n) is 1.88. The molecular weight excluding hydrogens is 226 g/mol. The van der Waals surface area contributed by atoms with Gasteiger partial charge in [0.05, 0.1) is 19.8 Å². The fourth-order valence-corrected chi connectivity index (χ4v) is 1.10. The van der Waals surface area contributed by atoms with E-state index in [1.807, 2.05) is 0 Å². The van der Waals surface area contributed by atoms with E-state index in [1.54, 1.807) is 7.05 Å². The summed E-state index contributed by atoms with van der Waals surface area (Å²) in [6, 6.07) is 0.202. The van der Waals surface area contributed by atoms with Gasteiger partial charge in [-0.15, -0.1) is 0 Å². The van der Waals surface area contributed by atoms with E-state index in [9.17, 15) is 5.11 Å². The summed E-state index contributed by atoms with van der Waals surface area (Å²) >= 11 is 0. The normalized spacial score (nSPS) is 12.0. The highest BCUT2D eigenvalue weighted by Gasteiger charge is 2.08. The Hall–Kier alpha value is -1.67. The molecule has 0 saturated carbocycles. The van der Waals surface area contributed by atoms with Crippen LogP contribution in [0.25, 0.3) is 0 Å². The molecule has 3 N–H and O–H groups in total. The second-order valence-corrected chi connectivity index (χ2v) is 3.21. The van der Waals surface area contributed by atoms with Crippen molar-refractivity contribution in [3.63, 3.8) is 0 Å². The fourth-order valence-electron chi connectivity index (χ4n) is 1.10. The van der Waals surface area contributed by atoms with Crippen LogP contribution in [-0.4, -0.2) is 60.6 Å². The molecule has 0 fully saturated rings. The van der Waals surface area contributed by atoms with Crippen LogP contribution in [0.5, 0.6) is 6.01 Å². The van der Waals surface area contributed by atoms with Crippen molar-refractivity contribution in [3.05, 3.63) is 0 Å². The molecule has 17 heavy (non-hydrogen) atoms. The Bertz CT molecular complexity index is 327. The minimum Gasteiger partial charge on any atom is -0.467 e. The average molecular weight is 243 g/mol. The molecule has 1 atom stereocenters. The summed E-state index contributed by atoms with van der Waals surface area (Å²) in [7, 11) is 4.69. The molecule has 1 heterocycles. The molecule has 1 aromatic rings. The van der Waals surface area contributed by atoms with Gasteiger partial charge in [-0.25, -0.2) is 0 Å². The van der Waals surface area contributed by atoms with Gasteiger partial charge >= 0.3 is 6.01 Å². The number of aliphatic hydroxyl groups excluding tert-OH is 1. The Kier molecular flexibility index (Phi) is 5.37. The first kappa shape index (κ1) is 13.4. The molecule has 0 amide bonds. The number of methoxy groups -OCH3 is 2. The second kappa shape index (κ2) is 6.81. The van der Waals surface area contributed by atoms with Crippen molar-refractivity contribution < 1.29 is 14.6 Å². The summed E-state index contributed by atoms with van der Waals surface area (Å²) in [5.41, 5.74) is 0. The van der Waals surface area contributed by atoms with Crippen LogP contribution < -0.4 is 15.4 Å². The Labute approximate surface area is 99.4 Å². The van der Waals surface area contributed by atoms with Crippen molar-refractivity contribution >= 4 is 11.9 Å². The van der Waals surface area contributed by atoms with Gasteiger partial charge in [-0.1, -0.05) is 0 Å². The number of ether oxygens (including phenoxy) is 2. The fraction of sp³-hybridized carbons (Fsp3) is 0.667. The largest absolute Gasteiger partial charge is 0.467 e. The van der Waals surface area contributed by atoms with E-state index in [0.29, 0.717) is 11.9 Å². The summed E-state index contributed by atoms with van der Waals surface area (Å²) in [6.45, 7) is 0.526. The number of nitrogens with one attached hydrogen (secondary N) is 2. The number of rotatable bonds is 7. The summed E-state index contributed by atoms with van der Waals surface area (Å²) in [6.07, 6.45) is -0.624. The molecule has 96 valence electrons. The van der Waals surface area contributed by atoms with Crippen LogP contribution >= 0.6 is 0 Å². The van der Waals surface area contributed by atoms with Crippen molar-refractivity contribution in [3.8, 4) is 6.01 Å². The first-order valence-electron chi connectivity index (χ1n) is 5.08. The maximum absolute atomic E-state index is 9.46. The second-order valence-electron chi connectivity index (χ2n) is 3.21. The third kappa shape index (κ3) is 4.37. The minimum atomic E-state index is -0.624. The standard InChI is InChI=1S/C9H17N5O3/c1-10-7-12-8(14-9(13-7)17-3)11-4-6(15)5-16-2/h6,15H,4-5H2,1-3H3,(H2,10,11,12,13,14). The minimum absolute atomic E-state index is 0.202. The number of anilines is 2. The van der Waals surface area contributed by atoms with E-state index < -0.39 is 6.10 Å². The highest BCUT2D eigenvalue weighted by Crippen LogP contribution is 2.09. The van der Waals surface area contributed by atoms with Crippen LogP contribution in [0.3, 0.4) is 0 Å². The lowest BCUT2D eigenvalue weighted by Crippen LogP contribution is -2.25. The predicted octanol–water partition coefficient (Wildman–Crippen LogP) is -0.659. The van der Waals surface area contributed by atoms with Crippen LogP contribution in [0.1, 0.15) is 0 Å². The number of hydrogen-bond acceptors (Lipinski definition) is 8. The van der Waals surface area contributed by atoms with Crippen molar-refractivity contribution in [2.75, 3.05) is 45.1 Å². The molecule has 8 heteroatoms. The van der Waals surface area contributed by atoms with Crippen molar-refractivity contribution in [1.29, 1.82) is 0 Å². The Balaban J connectivity index is 2.63. The summed E-state index contributed by atoms with van der Waals surface area (Å²) in [5, 5.41) is 15.1. The lowest BCUT2D eigenvalue weighted by atomic mass is 10.4. The zero-order chi connectivity index (χ0) is 12.7. The van der Waals surface area contributed by atoms with E-state index in [0.717, 1.165) is 0 Å². The van der Waals surface area contributed by atoms with E-state index in [4.69, 9.17) is 9.47 Å². The van der Waals surface area contributed by atoms with Gasteiger partial charge in [-0.05, 0) is 0 Å². The number of nitrogens with zero attached hydrogens (tertiary/aromatic N) is 3. The van der Waals surface area contributed by atoms with Crippen LogP contribution in [0.15, 0.2) is 0 Å². The van der Waals surface area contributed by atoms with E-state index in [-0.39, 0.29) is 19.2 Å². The zero-order valence-corrected chi connectivity index (χ0v) is 10.1. The third-order valence-corrected chi connectivity index (χ3v) is 1.88. The van der Waals surface area contributed by atoms with Gasteiger partial charge in [0.2, 0.25) is 11.9 Å². The molecule has 1 unspecified atom stereocenters. The van der Waals surface area contributed by atoms with Gasteiger partial charge < -0.3 is 25.2 Å². The predicted molar refractivity (Wildman–Crippen MR) is 62.3 cm³/mol. The van der Waals surface area contributed by atoms with Gasteiger partial charge in [-0.2, -0.15) is 15.0 Å². The van der Waals surface area contributed by atoms with Gasteiger partial charge in [0.25, 0.3) is 0 Å². The maximum atomic E-state index is 9.46. The molecule has 1 rings (SSSR count). The molecule has 0 spiro atoms. The highest BCUT2D eigenvalue weighted by molar-refractivity contribution is 5.35. The first-order chi connectivity index (χ1) is 8.19.